The van der Waals surface area contributed by atoms with Gasteiger partial charge in [0.2, 0.25) is 0 Å². The third kappa shape index (κ3) is 2.86. The van der Waals surface area contributed by atoms with E-state index in [4.69, 9.17) is 5.11 Å². The van der Waals surface area contributed by atoms with Gasteiger partial charge < -0.3 is 10.4 Å². The van der Waals surface area contributed by atoms with Gasteiger partial charge in [0.25, 0.3) is 5.91 Å². The van der Waals surface area contributed by atoms with E-state index in [2.05, 4.69) is 25.6 Å². The van der Waals surface area contributed by atoms with Crippen LogP contribution in [0.15, 0.2) is 22.7 Å². The fourth-order valence-corrected chi connectivity index (χ4v) is 2.76. The molecule has 0 aliphatic carbocycles. The van der Waals surface area contributed by atoms with Crippen LogP contribution in [-0.2, 0) is 0 Å². The summed E-state index contributed by atoms with van der Waals surface area (Å²) in [4.78, 5) is 23.1. The molecule has 0 spiro atoms. The fourth-order valence-electron chi connectivity index (χ4n) is 1.55. The van der Waals surface area contributed by atoms with Crippen LogP contribution >= 0.6 is 27.5 Å². The molecule has 2 N–H and O–H groups in total. The first-order valence-electron chi connectivity index (χ1n) is 5.36. The number of carboxylic acid groups (broad SMARTS) is 1. The van der Waals surface area contributed by atoms with E-state index in [0.717, 1.165) is 17.6 Å². The Labute approximate surface area is 125 Å². The summed E-state index contributed by atoms with van der Waals surface area (Å²) in [6.07, 6.45) is 0. The molecule has 20 heavy (non-hydrogen) atoms. The van der Waals surface area contributed by atoms with Crippen molar-refractivity contribution >= 4 is 44.3 Å². The zero-order valence-electron chi connectivity index (χ0n) is 10.1. The third-order valence-corrected chi connectivity index (χ3v) is 4.02. The molecule has 0 saturated carbocycles. The number of benzene rings is 1. The Hall–Kier alpha value is -1.80. The minimum Gasteiger partial charge on any atom is -0.478 e. The maximum Gasteiger partial charge on any atom is 0.340 e. The van der Waals surface area contributed by atoms with Gasteiger partial charge in [0.05, 0.1) is 11.3 Å². The molecule has 0 aliphatic rings. The van der Waals surface area contributed by atoms with Crippen LogP contribution in [0, 0.1) is 12.7 Å². The van der Waals surface area contributed by atoms with Crippen molar-refractivity contribution in [3.05, 3.63) is 45.3 Å². The van der Waals surface area contributed by atoms with Gasteiger partial charge in [0.15, 0.2) is 0 Å². The first kappa shape index (κ1) is 14.6. The molecule has 1 aromatic carbocycles. The Morgan fingerprint density at radius 1 is 1.45 bits per heavy atom. The minimum absolute atomic E-state index is 0.0594. The van der Waals surface area contributed by atoms with Crippen LogP contribution < -0.4 is 5.32 Å². The lowest BCUT2D eigenvalue weighted by molar-refractivity contribution is 0.0697. The Kier molecular flexibility index (Phi) is 4.15. The number of carbonyl (C=O) groups is 2. The Morgan fingerprint density at radius 2 is 2.15 bits per heavy atom. The van der Waals surface area contributed by atoms with Crippen LogP contribution in [0.3, 0.4) is 0 Å². The van der Waals surface area contributed by atoms with E-state index in [1.807, 2.05) is 0 Å². The van der Waals surface area contributed by atoms with Crippen molar-refractivity contribution in [1.29, 1.82) is 0 Å². The molecular formula is C12H8BrFN2O3S. The summed E-state index contributed by atoms with van der Waals surface area (Å²) in [7, 11) is 0. The number of aromatic nitrogens is 1. The average molecular weight is 359 g/mol. The summed E-state index contributed by atoms with van der Waals surface area (Å²) < 4.78 is 17.4. The highest BCUT2D eigenvalue weighted by atomic mass is 79.9. The lowest BCUT2D eigenvalue weighted by Gasteiger charge is -2.06. The molecule has 1 aromatic heterocycles. The highest BCUT2D eigenvalue weighted by Gasteiger charge is 2.20. The molecular weight excluding hydrogens is 351 g/mol. The number of nitrogens with zero attached hydrogens (tertiary/aromatic N) is 1. The number of carbonyl (C=O) groups excluding carboxylic acids is 1. The lowest BCUT2D eigenvalue weighted by Crippen LogP contribution is -2.14. The molecule has 2 aromatic rings. The Morgan fingerprint density at radius 3 is 2.80 bits per heavy atom. The fraction of sp³-hybridized carbons (Fsp3) is 0.0833. The van der Waals surface area contributed by atoms with Gasteiger partial charge in [0, 0.05) is 4.47 Å². The van der Waals surface area contributed by atoms with E-state index in [-0.39, 0.29) is 16.1 Å². The smallest absolute Gasteiger partial charge is 0.340 e. The van der Waals surface area contributed by atoms with Crippen LogP contribution in [0.5, 0.6) is 0 Å². The van der Waals surface area contributed by atoms with Gasteiger partial charge in [-0.05, 0) is 52.6 Å². The van der Waals surface area contributed by atoms with Crippen molar-refractivity contribution < 1.29 is 19.1 Å². The van der Waals surface area contributed by atoms with Crippen molar-refractivity contribution in [3.8, 4) is 0 Å². The van der Waals surface area contributed by atoms with Gasteiger partial charge in [-0.25, -0.2) is 9.18 Å². The standard InChI is InChI=1S/C12H8BrFN2O3S/c1-5-9(12(18)19)11(20-16-5)15-10(17)7-4-6(14)2-3-8(7)13/h2-4H,1H3,(H,15,17)(H,18,19). The average Bonchev–Trinajstić information content (AvgIpc) is 2.73. The summed E-state index contributed by atoms with van der Waals surface area (Å²) >= 11 is 4.01. The maximum absolute atomic E-state index is 13.2. The third-order valence-electron chi connectivity index (χ3n) is 2.48. The largest absolute Gasteiger partial charge is 0.478 e. The number of amides is 1. The molecule has 0 bridgehead atoms. The topological polar surface area (TPSA) is 79.3 Å². The van der Waals surface area contributed by atoms with Crippen LogP contribution in [0.1, 0.15) is 26.4 Å². The van der Waals surface area contributed by atoms with Crippen LogP contribution in [-0.4, -0.2) is 21.4 Å². The lowest BCUT2D eigenvalue weighted by atomic mass is 10.2. The molecule has 0 saturated heterocycles. The van der Waals surface area contributed by atoms with E-state index in [0.29, 0.717) is 10.2 Å². The second-order valence-electron chi connectivity index (χ2n) is 3.86. The van der Waals surface area contributed by atoms with Crippen molar-refractivity contribution in [1.82, 2.24) is 4.37 Å². The summed E-state index contributed by atoms with van der Waals surface area (Å²) in [5.41, 5.74) is 0.333. The molecule has 8 heteroatoms. The molecule has 0 atom stereocenters. The Balaban J connectivity index is 2.33. The van der Waals surface area contributed by atoms with Gasteiger partial charge in [-0.15, -0.1) is 0 Å². The van der Waals surface area contributed by atoms with Crippen LogP contribution in [0.2, 0.25) is 0 Å². The number of anilines is 1. The zero-order valence-corrected chi connectivity index (χ0v) is 12.5. The van der Waals surface area contributed by atoms with Gasteiger partial charge >= 0.3 is 5.97 Å². The first-order valence-corrected chi connectivity index (χ1v) is 6.92. The quantitative estimate of drug-likeness (QED) is 0.881. The molecule has 5 nitrogen and oxygen atoms in total. The van der Waals surface area contributed by atoms with Gasteiger partial charge in [-0.2, -0.15) is 4.37 Å². The molecule has 2 rings (SSSR count). The number of hydrogen-bond donors (Lipinski definition) is 2. The molecule has 0 unspecified atom stereocenters. The predicted octanol–water partition coefficient (Wildman–Crippen LogP) is 3.30. The number of carboxylic acids is 1. The second-order valence-corrected chi connectivity index (χ2v) is 5.48. The zero-order chi connectivity index (χ0) is 14.9. The van der Waals surface area contributed by atoms with Gasteiger partial charge in [0.1, 0.15) is 16.4 Å². The number of aryl methyl sites for hydroxylation is 1. The van der Waals surface area contributed by atoms with E-state index >= 15 is 0 Å². The SMILES string of the molecule is Cc1nsc(NC(=O)c2cc(F)ccc2Br)c1C(=O)O. The van der Waals surface area contributed by atoms with Crippen molar-refractivity contribution in [3.63, 3.8) is 0 Å². The summed E-state index contributed by atoms with van der Waals surface area (Å²) in [6, 6.07) is 3.68. The number of aromatic carboxylic acids is 1. The molecule has 104 valence electrons. The van der Waals surface area contributed by atoms with Crippen LogP contribution in [0.4, 0.5) is 9.39 Å². The minimum atomic E-state index is -1.18. The molecule has 0 aliphatic heterocycles. The van der Waals surface area contributed by atoms with E-state index in [1.165, 1.54) is 19.1 Å². The molecule has 1 amide bonds. The normalized spacial score (nSPS) is 10.3. The number of rotatable bonds is 3. The summed E-state index contributed by atoms with van der Waals surface area (Å²) in [5.74, 6) is -2.34. The number of hydrogen-bond acceptors (Lipinski definition) is 4. The van der Waals surface area contributed by atoms with Crippen molar-refractivity contribution in [2.75, 3.05) is 5.32 Å². The van der Waals surface area contributed by atoms with Crippen LogP contribution in [0.25, 0.3) is 0 Å². The molecule has 1 heterocycles. The number of halogens is 2. The van der Waals surface area contributed by atoms with E-state index in [9.17, 15) is 14.0 Å². The predicted molar refractivity (Wildman–Crippen MR) is 75.9 cm³/mol. The molecule has 0 fully saturated rings. The van der Waals surface area contributed by atoms with Gasteiger partial charge in [-0.1, -0.05) is 0 Å². The summed E-state index contributed by atoms with van der Waals surface area (Å²) in [6.45, 7) is 1.54. The second kappa shape index (κ2) is 5.68. The van der Waals surface area contributed by atoms with E-state index < -0.39 is 17.7 Å². The monoisotopic (exact) mass is 358 g/mol. The highest BCUT2D eigenvalue weighted by Crippen LogP contribution is 2.26. The maximum atomic E-state index is 13.2. The van der Waals surface area contributed by atoms with Crippen molar-refractivity contribution in [2.24, 2.45) is 0 Å². The molecule has 0 radical (unpaired) electrons. The first-order chi connectivity index (χ1) is 9.40. The Bertz CT molecular complexity index is 702. The summed E-state index contributed by atoms with van der Waals surface area (Å²) in [5, 5.41) is 11.6. The van der Waals surface area contributed by atoms with Crippen molar-refractivity contribution in [2.45, 2.75) is 6.92 Å². The van der Waals surface area contributed by atoms with E-state index in [1.54, 1.807) is 0 Å². The highest BCUT2D eigenvalue weighted by molar-refractivity contribution is 9.10. The number of nitrogens with one attached hydrogen (secondary N) is 1. The van der Waals surface area contributed by atoms with Gasteiger partial charge in [-0.3, -0.25) is 4.79 Å².